The number of fused-ring (bicyclic) bond motifs is 1. The summed E-state index contributed by atoms with van der Waals surface area (Å²) in [5, 5.41) is 2.98. The second-order valence-corrected chi connectivity index (χ2v) is 2.69. The van der Waals surface area contributed by atoms with Gasteiger partial charge in [0.1, 0.15) is 0 Å². The third-order valence-corrected chi connectivity index (χ3v) is 1.79. The Morgan fingerprint density at radius 3 is 3.00 bits per heavy atom. The van der Waals surface area contributed by atoms with Crippen molar-refractivity contribution in [3.05, 3.63) is 41.7 Å². The van der Waals surface area contributed by atoms with Crippen LogP contribution in [0.2, 0.25) is 0 Å². The number of para-hydroxylation sites is 1. The predicted molar refractivity (Wildman–Crippen MR) is 51.8 cm³/mol. The first-order valence-electron chi connectivity index (χ1n) is 3.95. The van der Waals surface area contributed by atoms with Gasteiger partial charge in [-0.3, -0.25) is 9.79 Å². The molecule has 1 aromatic carbocycles. The van der Waals surface area contributed by atoms with Crippen molar-refractivity contribution >= 4 is 18.2 Å². The molecule has 0 saturated heterocycles. The van der Waals surface area contributed by atoms with Gasteiger partial charge in [-0.1, -0.05) is 18.2 Å². The minimum absolute atomic E-state index is 0.473. The summed E-state index contributed by atoms with van der Waals surface area (Å²) in [5.74, 6) is 0. The number of hydrogen-bond acceptors (Lipinski definition) is 3. The van der Waals surface area contributed by atoms with Crippen LogP contribution in [0.15, 0.2) is 41.2 Å². The van der Waals surface area contributed by atoms with Gasteiger partial charge in [-0.15, -0.1) is 0 Å². The molecule has 13 heavy (non-hydrogen) atoms. The van der Waals surface area contributed by atoms with Crippen molar-refractivity contribution in [1.82, 2.24) is 0 Å². The zero-order valence-corrected chi connectivity index (χ0v) is 6.90. The number of allylic oxidation sites excluding steroid dienone is 1. The molecular weight excluding hydrogens is 164 g/mol. The average Bonchev–Trinajstić information content (AvgIpc) is 2.38. The fourth-order valence-corrected chi connectivity index (χ4v) is 1.17. The molecule has 0 atom stereocenters. The maximum atomic E-state index is 10.5. The summed E-state index contributed by atoms with van der Waals surface area (Å²) in [6.07, 6.45) is 3.98. The summed E-state index contributed by atoms with van der Waals surface area (Å²) in [5.41, 5.74) is 2.36. The van der Waals surface area contributed by atoms with Crippen LogP contribution in [-0.4, -0.2) is 12.5 Å². The standard InChI is InChI=1S/C10H8N2O/c13-7-9-6-11-5-8-3-1-2-4-10(8)12-9/h1-7,12H. The highest BCUT2D eigenvalue weighted by Gasteiger charge is 2.03. The van der Waals surface area contributed by atoms with E-state index in [0.29, 0.717) is 5.70 Å². The Morgan fingerprint density at radius 1 is 1.31 bits per heavy atom. The lowest BCUT2D eigenvalue weighted by atomic mass is 10.2. The molecule has 0 amide bonds. The molecule has 1 aromatic rings. The second-order valence-electron chi connectivity index (χ2n) is 2.69. The number of nitrogens with one attached hydrogen (secondary N) is 1. The number of nitrogens with zero attached hydrogens (tertiary/aromatic N) is 1. The van der Waals surface area contributed by atoms with E-state index in [-0.39, 0.29) is 0 Å². The summed E-state index contributed by atoms with van der Waals surface area (Å²) in [7, 11) is 0. The fourth-order valence-electron chi connectivity index (χ4n) is 1.17. The highest BCUT2D eigenvalue weighted by Crippen LogP contribution is 2.16. The van der Waals surface area contributed by atoms with Crippen molar-refractivity contribution in [2.45, 2.75) is 0 Å². The first kappa shape index (κ1) is 7.73. The van der Waals surface area contributed by atoms with Crippen molar-refractivity contribution in [3.8, 4) is 0 Å². The summed E-state index contributed by atoms with van der Waals surface area (Å²) in [4.78, 5) is 14.5. The van der Waals surface area contributed by atoms with Crippen LogP contribution < -0.4 is 5.32 Å². The Balaban J connectivity index is 2.45. The molecule has 0 saturated carbocycles. The van der Waals surface area contributed by atoms with Gasteiger partial charge < -0.3 is 5.32 Å². The first-order chi connectivity index (χ1) is 6.40. The highest BCUT2D eigenvalue weighted by atomic mass is 16.1. The normalized spacial score (nSPS) is 13.7. The smallest absolute Gasteiger partial charge is 0.167 e. The van der Waals surface area contributed by atoms with Crippen LogP contribution in [0.4, 0.5) is 5.69 Å². The van der Waals surface area contributed by atoms with Gasteiger partial charge in [0.2, 0.25) is 0 Å². The third kappa shape index (κ3) is 1.49. The molecule has 1 aliphatic rings. The average molecular weight is 172 g/mol. The van der Waals surface area contributed by atoms with E-state index in [9.17, 15) is 4.79 Å². The van der Waals surface area contributed by atoms with Crippen LogP contribution >= 0.6 is 0 Å². The Bertz CT molecular complexity index is 394. The van der Waals surface area contributed by atoms with Crippen LogP contribution in [0, 0.1) is 0 Å². The second kappa shape index (κ2) is 3.23. The number of rotatable bonds is 1. The van der Waals surface area contributed by atoms with Crippen molar-refractivity contribution in [1.29, 1.82) is 0 Å². The molecular formula is C10H8N2O. The summed E-state index contributed by atoms with van der Waals surface area (Å²) >= 11 is 0. The predicted octanol–water partition coefficient (Wildman–Crippen LogP) is 1.57. The van der Waals surface area contributed by atoms with Crippen molar-refractivity contribution in [2.24, 2.45) is 4.99 Å². The molecule has 3 heteroatoms. The Kier molecular flexibility index (Phi) is 1.92. The van der Waals surface area contributed by atoms with E-state index in [4.69, 9.17) is 0 Å². The Labute approximate surface area is 75.8 Å². The number of carbonyl (C=O) groups is 1. The van der Waals surface area contributed by atoms with Gasteiger partial charge in [-0.05, 0) is 6.07 Å². The maximum absolute atomic E-state index is 10.5. The summed E-state index contributed by atoms with van der Waals surface area (Å²) in [6, 6.07) is 7.68. The quantitative estimate of drug-likeness (QED) is 0.653. The van der Waals surface area contributed by atoms with Crippen LogP contribution in [-0.2, 0) is 4.79 Å². The number of aliphatic imine (C=N–C) groups is 1. The van der Waals surface area contributed by atoms with Crippen LogP contribution in [0.5, 0.6) is 0 Å². The van der Waals surface area contributed by atoms with E-state index >= 15 is 0 Å². The lowest BCUT2D eigenvalue weighted by Crippen LogP contribution is -2.00. The summed E-state index contributed by atoms with van der Waals surface area (Å²) < 4.78 is 0. The van der Waals surface area contributed by atoms with E-state index in [1.54, 1.807) is 6.21 Å². The maximum Gasteiger partial charge on any atom is 0.167 e. The first-order valence-corrected chi connectivity index (χ1v) is 3.95. The van der Waals surface area contributed by atoms with Gasteiger partial charge >= 0.3 is 0 Å². The molecule has 1 aliphatic heterocycles. The van der Waals surface area contributed by atoms with E-state index in [1.807, 2.05) is 24.3 Å². The van der Waals surface area contributed by atoms with Gasteiger partial charge in [0.05, 0.1) is 11.9 Å². The van der Waals surface area contributed by atoms with Gasteiger partial charge in [-0.2, -0.15) is 0 Å². The molecule has 0 radical (unpaired) electrons. The van der Waals surface area contributed by atoms with Crippen molar-refractivity contribution < 1.29 is 4.79 Å². The van der Waals surface area contributed by atoms with Gasteiger partial charge in [0.15, 0.2) is 6.29 Å². The molecule has 1 N–H and O–H groups in total. The SMILES string of the molecule is O=CC1=CN=Cc2ccccc2N1. The van der Waals surface area contributed by atoms with Crippen LogP contribution in [0.3, 0.4) is 0 Å². The molecule has 0 spiro atoms. The van der Waals surface area contributed by atoms with E-state index in [2.05, 4.69) is 10.3 Å². The number of aldehydes is 1. The van der Waals surface area contributed by atoms with Crippen molar-refractivity contribution in [3.63, 3.8) is 0 Å². The summed E-state index contributed by atoms with van der Waals surface area (Å²) in [6.45, 7) is 0. The van der Waals surface area contributed by atoms with Crippen molar-refractivity contribution in [2.75, 3.05) is 5.32 Å². The van der Waals surface area contributed by atoms with Gasteiger partial charge in [0, 0.05) is 17.5 Å². The molecule has 0 aliphatic carbocycles. The van der Waals surface area contributed by atoms with Crippen LogP contribution in [0.25, 0.3) is 0 Å². The minimum Gasteiger partial charge on any atom is -0.351 e. The van der Waals surface area contributed by atoms with Crippen LogP contribution in [0.1, 0.15) is 5.56 Å². The lowest BCUT2D eigenvalue weighted by Gasteiger charge is -2.04. The number of anilines is 1. The number of hydrogen-bond donors (Lipinski definition) is 1. The van der Waals surface area contributed by atoms with Gasteiger partial charge in [-0.25, -0.2) is 0 Å². The molecule has 0 aromatic heterocycles. The fraction of sp³-hybridized carbons (Fsp3) is 0. The van der Waals surface area contributed by atoms with E-state index in [1.165, 1.54) is 6.20 Å². The minimum atomic E-state index is 0.473. The molecule has 0 unspecified atom stereocenters. The Hall–Kier alpha value is -1.90. The molecule has 64 valence electrons. The zero-order valence-electron chi connectivity index (χ0n) is 6.90. The monoisotopic (exact) mass is 172 g/mol. The largest absolute Gasteiger partial charge is 0.351 e. The van der Waals surface area contributed by atoms with Gasteiger partial charge in [0.25, 0.3) is 0 Å². The topological polar surface area (TPSA) is 41.5 Å². The van der Waals surface area contributed by atoms with E-state index < -0.39 is 0 Å². The molecule has 2 rings (SSSR count). The molecule has 1 heterocycles. The lowest BCUT2D eigenvalue weighted by molar-refractivity contribution is -0.104. The molecule has 0 fully saturated rings. The zero-order chi connectivity index (χ0) is 9.10. The molecule has 3 nitrogen and oxygen atoms in total. The van der Waals surface area contributed by atoms with E-state index in [0.717, 1.165) is 17.5 Å². The Morgan fingerprint density at radius 2 is 2.15 bits per heavy atom. The number of benzene rings is 1. The third-order valence-electron chi connectivity index (χ3n) is 1.79. The number of carbonyl (C=O) groups excluding carboxylic acids is 1. The molecule has 0 bridgehead atoms. The highest BCUT2D eigenvalue weighted by molar-refractivity contribution is 5.92.